The highest BCUT2D eigenvalue weighted by molar-refractivity contribution is 6.31. The molecule has 32 heavy (non-hydrogen) atoms. The maximum atomic E-state index is 12.9. The third kappa shape index (κ3) is 6.74. The van der Waals surface area contributed by atoms with Gasteiger partial charge in [0, 0.05) is 25.3 Å². The van der Waals surface area contributed by atoms with Crippen LogP contribution in [0.2, 0.25) is 5.02 Å². The van der Waals surface area contributed by atoms with E-state index in [-0.39, 0.29) is 41.8 Å². The van der Waals surface area contributed by atoms with Crippen molar-refractivity contribution in [3.05, 3.63) is 46.6 Å². The topological polar surface area (TPSA) is 66.9 Å². The first-order valence-corrected chi connectivity index (χ1v) is 10.6. The van der Waals surface area contributed by atoms with Crippen molar-refractivity contribution in [2.24, 2.45) is 0 Å². The smallest absolute Gasteiger partial charge is 0.417 e. The van der Waals surface area contributed by atoms with E-state index in [4.69, 9.17) is 30.5 Å². The second-order valence-corrected chi connectivity index (χ2v) is 7.54. The fourth-order valence-electron chi connectivity index (χ4n) is 3.12. The molecule has 0 amide bonds. The minimum Gasteiger partial charge on any atom is -0.491 e. The molecular formula is C22H23ClF3NO5. The molecular weight excluding hydrogens is 451 g/mol. The third-order valence-electron chi connectivity index (χ3n) is 4.74. The molecule has 1 aromatic heterocycles. The number of alkyl halides is 3. The van der Waals surface area contributed by atoms with Gasteiger partial charge in [0.2, 0.25) is 5.88 Å². The van der Waals surface area contributed by atoms with Crippen LogP contribution in [0.15, 0.2) is 30.5 Å². The molecule has 1 unspecified atom stereocenters. The highest BCUT2D eigenvalue weighted by atomic mass is 35.5. The lowest BCUT2D eigenvalue weighted by Gasteiger charge is -2.16. The number of rotatable bonds is 9. The predicted octanol–water partition coefficient (Wildman–Crippen LogP) is 5.60. The zero-order chi connectivity index (χ0) is 23.1. The SMILES string of the molecule is CCOC(=O)CCc1ccc(OCC2CCCO2)cc1Oc1ncc(C(F)(F)F)cc1Cl. The summed E-state index contributed by atoms with van der Waals surface area (Å²) >= 11 is 5.98. The molecule has 0 aliphatic carbocycles. The van der Waals surface area contributed by atoms with Gasteiger partial charge in [0.15, 0.2) is 0 Å². The van der Waals surface area contributed by atoms with E-state index in [0.717, 1.165) is 18.9 Å². The van der Waals surface area contributed by atoms with Crippen LogP contribution in [-0.2, 0) is 26.9 Å². The molecule has 1 atom stereocenters. The zero-order valence-electron chi connectivity index (χ0n) is 17.4. The number of carbonyl (C=O) groups excluding carboxylic acids is 1. The molecule has 10 heteroatoms. The summed E-state index contributed by atoms with van der Waals surface area (Å²) in [5, 5.41) is -0.290. The summed E-state index contributed by atoms with van der Waals surface area (Å²) in [7, 11) is 0. The fraction of sp³-hybridized carbons (Fsp3) is 0.455. The van der Waals surface area contributed by atoms with Crippen molar-refractivity contribution in [2.45, 2.75) is 44.9 Å². The van der Waals surface area contributed by atoms with Crippen LogP contribution < -0.4 is 9.47 Å². The Morgan fingerprint density at radius 2 is 2.12 bits per heavy atom. The van der Waals surface area contributed by atoms with Gasteiger partial charge in [0.25, 0.3) is 0 Å². The van der Waals surface area contributed by atoms with Crippen molar-refractivity contribution in [3.8, 4) is 17.4 Å². The number of pyridine rings is 1. The molecule has 0 radical (unpaired) electrons. The minimum absolute atomic E-state index is 0.00823. The number of halogens is 4. The highest BCUT2D eigenvalue weighted by Gasteiger charge is 2.32. The van der Waals surface area contributed by atoms with E-state index in [2.05, 4.69) is 4.98 Å². The first-order valence-electron chi connectivity index (χ1n) is 10.2. The molecule has 174 valence electrons. The molecule has 0 spiro atoms. The Morgan fingerprint density at radius 1 is 1.31 bits per heavy atom. The van der Waals surface area contributed by atoms with Crippen molar-refractivity contribution < 1.29 is 36.9 Å². The van der Waals surface area contributed by atoms with Gasteiger partial charge in [-0.05, 0) is 43.9 Å². The largest absolute Gasteiger partial charge is 0.491 e. The Labute approximate surface area is 188 Å². The summed E-state index contributed by atoms with van der Waals surface area (Å²) in [6.45, 7) is 3.04. The van der Waals surface area contributed by atoms with Crippen molar-refractivity contribution in [2.75, 3.05) is 19.8 Å². The summed E-state index contributed by atoms with van der Waals surface area (Å²) in [4.78, 5) is 15.5. The summed E-state index contributed by atoms with van der Waals surface area (Å²) in [5.41, 5.74) is -0.355. The van der Waals surface area contributed by atoms with Crippen LogP contribution >= 0.6 is 11.6 Å². The molecule has 1 fully saturated rings. The normalized spacial score (nSPS) is 16.1. The van der Waals surface area contributed by atoms with Crippen LogP contribution in [0.3, 0.4) is 0 Å². The number of aromatic nitrogens is 1. The number of benzene rings is 1. The number of aryl methyl sites for hydroxylation is 1. The van der Waals surface area contributed by atoms with Gasteiger partial charge in [-0.1, -0.05) is 17.7 Å². The standard InChI is InChI=1S/C22H23ClF3NO5/c1-2-29-20(28)8-6-14-5-7-16(31-13-17-4-3-9-30-17)11-19(14)32-21-18(23)10-15(12-27-21)22(24,25)26/h5,7,10-12,17H,2-4,6,8-9,13H2,1H3. The maximum Gasteiger partial charge on any atom is 0.417 e. The van der Waals surface area contributed by atoms with E-state index in [9.17, 15) is 18.0 Å². The van der Waals surface area contributed by atoms with Crippen molar-refractivity contribution >= 4 is 17.6 Å². The van der Waals surface area contributed by atoms with Crippen LogP contribution in [0.25, 0.3) is 0 Å². The number of esters is 1. The Hall–Kier alpha value is -2.52. The summed E-state index contributed by atoms with van der Waals surface area (Å²) in [5.74, 6) is 0.197. The summed E-state index contributed by atoms with van der Waals surface area (Å²) in [6, 6.07) is 5.78. The Kier molecular flexibility index (Phi) is 8.20. The second-order valence-electron chi connectivity index (χ2n) is 7.13. The van der Waals surface area contributed by atoms with Crippen LogP contribution in [0.4, 0.5) is 13.2 Å². The lowest BCUT2D eigenvalue weighted by atomic mass is 10.1. The molecule has 0 bridgehead atoms. The van der Waals surface area contributed by atoms with Crippen LogP contribution in [0, 0.1) is 0 Å². The van der Waals surface area contributed by atoms with E-state index in [1.165, 1.54) is 0 Å². The predicted molar refractivity (Wildman–Crippen MR) is 110 cm³/mol. The number of ether oxygens (including phenoxy) is 4. The average molecular weight is 474 g/mol. The van der Waals surface area contributed by atoms with Crippen molar-refractivity contribution in [3.63, 3.8) is 0 Å². The van der Waals surface area contributed by atoms with E-state index >= 15 is 0 Å². The van der Waals surface area contributed by atoms with Crippen LogP contribution in [0.1, 0.15) is 37.3 Å². The first kappa shape index (κ1) is 24.1. The lowest BCUT2D eigenvalue weighted by Crippen LogP contribution is -2.16. The maximum absolute atomic E-state index is 12.9. The van der Waals surface area contributed by atoms with Crippen LogP contribution in [-0.4, -0.2) is 36.9 Å². The molecule has 1 aliphatic rings. The molecule has 1 saturated heterocycles. The minimum atomic E-state index is -4.57. The Morgan fingerprint density at radius 3 is 2.78 bits per heavy atom. The van der Waals surface area contributed by atoms with E-state index in [1.54, 1.807) is 25.1 Å². The Bertz CT molecular complexity index is 932. The molecule has 2 aromatic rings. The fourth-order valence-corrected chi connectivity index (χ4v) is 3.33. The molecule has 1 aliphatic heterocycles. The number of nitrogens with zero attached hydrogens (tertiary/aromatic N) is 1. The van der Waals surface area contributed by atoms with Crippen molar-refractivity contribution in [1.82, 2.24) is 4.98 Å². The molecule has 0 N–H and O–H groups in total. The van der Waals surface area contributed by atoms with Gasteiger partial charge in [-0.25, -0.2) is 4.98 Å². The average Bonchev–Trinajstić information content (AvgIpc) is 3.26. The van der Waals surface area contributed by atoms with E-state index in [1.807, 2.05) is 0 Å². The van der Waals surface area contributed by atoms with Gasteiger partial charge in [-0.2, -0.15) is 13.2 Å². The molecule has 3 rings (SSSR count). The van der Waals surface area contributed by atoms with Gasteiger partial charge in [0.05, 0.1) is 18.3 Å². The molecule has 0 saturated carbocycles. The zero-order valence-corrected chi connectivity index (χ0v) is 18.2. The number of hydrogen-bond acceptors (Lipinski definition) is 6. The monoisotopic (exact) mass is 473 g/mol. The first-order chi connectivity index (χ1) is 15.3. The van der Waals surface area contributed by atoms with Gasteiger partial charge < -0.3 is 18.9 Å². The van der Waals surface area contributed by atoms with E-state index in [0.29, 0.717) is 37.1 Å². The molecule has 1 aromatic carbocycles. The number of hydrogen-bond donors (Lipinski definition) is 0. The van der Waals surface area contributed by atoms with Gasteiger partial charge in [0.1, 0.15) is 23.1 Å². The summed E-state index contributed by atoms with van der Waals surface area (Å²) in [6.07, 6.45) is -1.63. The lowest BCUT2D eigenvalue weighted by molar-refractivity contribution is -0.143. The van der Waals surface area contributed by atoms with Gasteiger partial charge in [-0.15, -0.1) is 0 Å². The second kappa shape index (κ2) is 10.9. The van der Waals surface area contributed by atoms with Gasteiger partial charge >= 0.3 is 12.1 Å². The molecule has 6 nitrogen and oxygen atoms in total. The van der Waals surface area contributed by atoms with Crippen LogP contribution in [0.5, 0.6) is 17.4 Å². The van der Waals surface area contributed by atoms with Gasteiger partial charge in [-0.3, -0.25) is 4.79 Å². The van der Waals surface area contributed by atoms with E-state index < -0.39 is 11.7 Å². The third-order valence-corrected chi connectivity index (χ3v) is 5.01. The quantitative estimate of drug-likeness (QED) is 0.442. The highest BCUT2D eigenvalue weighted by Crippen LogP contribution is 2.36. The Balaban J connectivity index is 1.80. The van der Waals surface area contributed by atoms with Crippen molar-refractivity contribution in [1.29, 1.82) is 0 Å². The number of carbonyl (C=O) groups is 1. The molecule has 2 heterocycles. The summed E-state index contributed by atoms with van der Waals surface area (Å²) < 4.78 is 60.7.